The van der Waals surface area contributed by atoms with Gasteiger partial charge in [0.1, 0.15) is 17.4 Å². The number of benzene rings is 3. The van der Waals surface area contributed by atoms with Crippen molar-refractivity contribution in [3.05, 3.63) is 89.2 Å². The molecular formula is C26H25NO5S. The lowest BCUT2D eigenvalue weighted by Gasteiger charge is -2.27. The van der Waals surface area contributed by atoms with Crippen LogP contribution >= 0.6 is 0 Å². The van der Waals surface area contributed by atoms with E-state index in [0.29, 0.717) is 24.5 Å². The number of ether oxygens (including phenoxy) is 2. The van der Waals surface area contributed by atoms with Gasteiger partial charge in [-0.1, -0.05) is 42.5 Å². The number of para-hydroxylation sites is 1. The molecule has 0 aliphatic carbocycles. The number of primary sulfonamides is 1. The molecule has 0 saturated heterocycles. The van der Waals surface area contributed by atoms with Gasteiger partial charge in [0.15, 0.2) is 11.5 Å². The molecular weight excluding hydrogens is 438 g/mol. The fraction of sp³-hybridized carbons (Fsp3) is 0.231. The van der Waals surface area contributed by atoms with Crippen LogP contribution in [0.2, 0.25) is 0 Å². The van der Waals surface area contributed by atoms with Crippen LogP contribution in [0.25, 0.3) is 11.0 Å². The van der Waals surface area contributed by atoms with E-state index in [1.54, 1.807) is 6.07 Å². The van der Waals surface area contributed by atoms with Crippen LogP contribution in [0.4, 0.5) is 0 Å². The maximum atomic E-state index is 11.8. The summed E-state index contributed by atoms with van der Waals surface area (Å²) < 4.78 is 42.3. The van der Waals surface area contributed by atoms with Crippen molar-refractivity contribution in [2.75, 3.05) is 6.61 Å². The zero-order valence-corrected chi connectivity index (χ0v) is 19.3. The average Bonchev–Trinajstić information content (AvgIpc) is 2.97. The summed E-state index contributed by atoms with van der Waals surface area (Å²) in [5.41, 5.74) is 4.18. The monoisotopic (exact) mass is 463 g/mol. The van der Waals surface area contributed by atoms with E-state index in [9.17, 15) is 8.42 Å². The predicted octanol–water partition coefficient (Wildman–Crippen LogP) is 5.06. The molecule has 1 aliphatic rings. The minimum atomic E-state index is -3.84. The highest BCUT2D eigenvalue weighted by Gasteiger charge is 2.34. The number of sulfonamides is 1. The van der Waals surface area contributed by atoms with Gasteiger partial charge in [-0.15, -0.1) is 0 Å². The molecule has 0 saturated carbocycles. The Bertz CT molecular complexity index is 1440. The summed E-state index contributed by atoms with van der Waals surface area (Å²) in [4.78, 5) is -0.00752. The molecule has 0 bridgehead atoms. The van der Waals surface area contributed by atoms with E-state index < -0.39 is 10.0 Å². The van der Waals surface area contributed by atoms with Gasteiger partial charge in [-0.25, -0.2) is 13.6 Å². The summed E-state index contributed by atoms with van der Waals surface area (Å²) in [5.74, 6) is 1.54. The number of nitrogens with two attached hydrogens (primary N) is 1. The van der Waals surface area contributed by atoms with Gasteiger partial charge < -0.3 is 13.9 Å². The van der Waals surface area contributed by atoms with Crippen molar-refractivity contribution in [3.63, 3.8) is 0 Å². The smallest absolute Gasteiger partial charge is 0.238 e. The van der Waals surface area contributed by atoms with E-state index in [0.717, 1.165) is 33.4 Å². The van der Waals surface area contributed by atoms with Crippen molar-refractivity contribution in [2.24, 2.45) is 5.14 Å². The Kier molecular flexibility index (Phi) is 5.38. The molecule has 1 aliphatic heterocycles. The molecule has 2 heterocycles. The molecule has 7 heteroatoms. The summed E-state index contributed by atoms with van der Waals surface area (Å²) in [6.07, 6.45) is 0.307. The first kappa shape index (κ1) is 21.6. The third-order valence-electron chi connectivity index (χ3n) is 6.24. The SMILES string of the molecule is Cc1ccccc1[C@@H](c1oc2ccccc2c1C)C1CCOc2cc(S(N)(=O)=O)ccc2O1. The average molecular weight is 464 g/mol. The van der Waals surface area contributed by atoms with Gasteiger partial charge >= 0.3 is 0 Å². The number of rotatable bonds is 4. The molecule has 4 aromatic rings. The normalized spacial score (nSPS) is 17.0. The molecule has 170 valence electrons. The number of furan rings is 1. The van der Waals surface area contributed by atoms with Crippen molar-refractivity contribution in [3.8, 4) is 11.5 Å². The van der Waals surface area contributed by atoms with Gasteiger partial charge in [-0.3, -0.25) is 0 Å². The van der Waals surface area contributed by atoms with Crippen LogP contribution in [0.1, 0.15) is 34.8 Å². The molecule has 0 fully saturated rings. The van der Waals surface area contributed by atoms with E-state index in [-0.39, 0.29) is 16.9 Å². The van der Waals surface area contributed by atoms with Gasteiger partial charge in [0.25, 0.3) is 0 Å². The minimum absolute atomic E-state index is 0.00752. The molecule has 2 N–H and O–H groups in total. The second kappa shape index (κ2) is 8.24. The highest BCUT2D eigenvalue weighted by Crippen LogP contribution is 2.42. The van der Waals surface area contributed by atoms with Crippen LogP contribution in [0.15, 0.2) is 76.0 Å². The van der Waals surface area contributed by atoms with E-state index in [1.165, 1.54) is 12.1 Å². The Balaban J connectivity index is 1.63. The van der Waals surface area contributed by atoms with Crippen LogP contribution in [0.5, 0.6) is 11.5 Å². The third kappa shape index (κ3) is 3.98. The fourth-order valence-electron chi connectivity index (χ4n) is 4.55. The second-order valence-electron chi connectivity index (χ2n) is 8.37. The van der Waals surface area contributed by atoms with Gasteiger partial charge in [-0.05, 0) is 48.7 Å². The molecule has 1 unspecified atom stereocenters. The Morgan fingerprint density at radius 1 is 0.970 bits per heavy atom. The quantitative estimate of drug-likeness (QED) is 0.457. The second-order valence-corrected chi connectivity index (χ2v) is 9.93. The van der Waals surface area contributed by atoms with Gasteiger partial charge in [0.05, 0.1) is 17.4 Å². The largest absolute Gasteiger partial charge is 0.490 e. The first-order chi connectivity index (χ1) is 15.8. The van der Waals surface area contributed by atoms with Crippen LogP contribution in [-0.2, 0) is 10.0 Å². The van der Waals surface area contributed by atoms with Crippen LogP contribution in [-0.4, -0.2) is 21.1 Å². The Hall–Kier alpha value is -3.29. The molecule has 0 radical (unpaired) electrons. The lowest BCUT2D eigenvalue weighted by molar-refractivity contribution is 0.164. The minimum Gasteiger partial charge on any atom is -0.490 e. The molecule has 33 heavy (non-hydrogen) atoms. The summed E-state index contributed by atoms with van der Waals surface area (Å²) in [6.45, 7) is 4.53. The Morgan fingerprint density at radius 2 is 1.73 bits per heavy atom. The number of hydrogen-bond acceptors (Lipinski definition) is 5. The first-order valence-corrected chi connectivity index (χ1v) is 12.4. The maximum Gasteiger partial charge on any atom is 0.238 e. The fourth-order valence-corrected chi connectivity index (χ4v) is 5.08. The van der Waals surface area contributed by atoms with Crippen LogP contribution in [0.3, 0.4) is 0 Å². The van der Waals surface area contributed by atoms with Crippen LogP contribution < -0.4 is 14.6 Å². The zero-order valence-electron chi connectivity index (χ0n) is 18.4. The molecule has 2 atom stereocenters. The predicted molar refractivity (Wildman–Crippen MR) is 126 cm³/mol. The highest BCUT2D eigenvalue weighted by molar-refractivity contribution is 7.89. The zero-order chi connectivity index (χ0) is 23.2. The van der Waals surface area contributed by atoms with Crippen LogP contribution in [0, 0.1) is 13.8 Å². The molecule has 0 spiro atoms. The molecule has 3 aromatic carbocycles. The third-order valence-corrected chi connectivity index (χ3v) is 7.15. The number of hydrogen-bond donors (Lipinski definition) is 1. The molecule has 6 nitrogen and oxygen atoms in total. The standard InChI is InChI=1S/C26H25NO5S/c1-16-7-3-4-8-19(16)25(26-17(2)20-9-5-6-10-21(20)32-26)23-13-14-30-24-15-18(33(27,28)29)11-12-22(24)31-23/h3-12,15,23,25H,13-14H2,1-2H3,(H2,27,28,29)/t23?,25-/m1/s1. The summed E-state index contributed by atoms with van der Waals surface area (Å²) in [7, 11) is -3.84. The van der Waals surface area contributed by atoms with E-state index in [1.807, 2.05) is 30.3 Å². The van der Waals surface area contributed by atoms with Crippen molar-refractivity contribution in [2.45, 2.75) is 37.2 Å². The summed E-state index contributed by atoms with van der Waals surface area (Å²) in [5, 5.41) is 6.37. The molecule has 0 amide bonds. The maximum absolute atomic E-state index is 11.8. The van der Waals surface area contributed by atoms with Crippen molar-refractivity contribution in [1.29, 1.82) is 0 Å². The Morgan fingerprint density at radius 3 is 2.48 bits per heavy atom. The van der Waals surface area contributed by atoms with Gasteiger partial charge in [0.2, 0.25) is 10.0 Å². The van der Waals surface area contributed by atoms with Crippen molar-refractivity contribution in [1.82, 2.24) is 0 Å². The number of aryl methyl sites for hydroxylation is 2. The lowest BCUT2D eigenvalue weighted by atomic mass is 9.85. The first-order valence-electron chi connectivity index (χ1n) is 10.8. The summed E-state index contributed by atoms with van der Waals surface area (Å²) >= 11 is 0. The van der Waals surface area contributed by atoms with E-state index in [4.69, 9.17) is 19.0 Å². The number of fused-ring (bicyclic) bond motifs is 2. The highest BCUT2D eigenvalue weighted by atomic mass is 32.2. The van der Waals surface area contributed by atoms with Gasteiger partial charge in [-0.2, -0.15) is 0 Å². The summed E-state index contributed by atoms with van der Waals surface area (Å²) in [6, 6.07) is 20.7. The van der Waals surface area contributed by atoms with Crippen molar-refractivity contribution >= 4 is 21.0 Å². The van der Waals surface area contributed by atoms with Crippen molar-refractivity contribution < 1.29 is 22.3 Å². The van der Waals surface area contributed by atoms with Gasteiger partial charge in [0, 0.05) is 17.9 Å². The molecule has 1 aromatic heterocycles. The Labute approximate surface area is 193 Å². The lowest BCUT2D eigenvalue weighted by Crippen LogP contribution is -2.27. The molecule has 5 rings (SSSR count). The van der Waals surface area contributed by atoms with E-state index >= 15 is 0 Å². The topological polar surface area (TPSA) is 91.8 Å². The van der Waals surface area contributed by atoms with E-state index in [2.05, 4.69) is 32.0 Å².